The van der Waals surface area contributed by atoms with Gasteiger partial charge in [-0.05, 0) is 25.0 Å². The third kappa shape index (κ3) is 2.67. The molecule has 2 aromatic heterocycles. The zero-order valence-corrected chi connectivity index (χ0v) is 10.7. The van der Waals surface area contributed by atoms with Gasteiger partial charge in [-0.3, -0.25) is 14.6 Å². The fourth-order valence-electron chi connectivity index (χ4n) is 2.58. The number of hydrogen-bond donors (Lipinski definition) is 1. The highest BCUT2D eigenvalue weighted by atomic mass is 16.2. The number of hydrogen-bond acceptors (Lipinski definition) is 3. The quantitative estimate of drug-likeness (QED) is 0.894. The van der Waals surface area contributed by atoms with Crippen LogP contribution in [0.15, 0.2) is 30.7 Å². The maximum atomic E-state index is 12.2. The second kappa shape index (κ2) is 5.26. The van der Waals surface area contributed by atoms with E-state index in [-0.39, 0.29) is 5.91 Å². The average Bonchev–Trinajstić information content (AvgIpc) is 3.12. The molecule has 19 heavy (non-hydrogen) atoms. The molecule has 3 rings (SSSR count). The van der Waals surface area contributed by atoms with E-state index in [1.165, 1.54) is 0 Å². The first kappa shape index (κ1) is 12.0. The van der Waals surface area contributed by atoms with E-state index < -0.39 is 0 Å². The van der Waals surface area contributed by atoms with Gasteiger partial charge in [0.25, 0.3) is 0 Å². The van der Waals surface area contributed by atoms with Crippen molar-refractivity contribution in [2.45, 2.75) is 25.3 Å². The Morgan fingerprint density at radius 2 is 2.42 bits per heavy atom. The van der Waals surface area contributed by atoms with Gasteiger partial charge in [0.15, 0.2) is 0 Å². The largest absolute Gasteiger partial charge is 0.340 e. The molecular formula is C13H17N5O. The maximum Gasteiger partial charge on any atom is 0.244 e. The molecule has 1 aliphatic heterocycles. The van der Waals surface area contributed by atoms with Crippen LogP contribution in [-0.2, 0) is 11.3 Å². The molecule has 1 atom stereocenters. The predicted octanol–water partition coefficient (Wildman–Crippen LogP) is 1.01. The molecule has 0 bridgehead atoms. The van der Waals surface area contributed by atoms with Crippen LogP contribution in [0.2, 0.25) is 0 Å². The molecule has 0 radical (unpaired) electrons. The minimum Gasteiger partial charge on any atom is -0.340 e. The van der Waals surface area contributed by atoms with Gasteiger partial charge in [-0.15, -0.1) is 0 Å². The minimum atomic E-state index is 0.132. The lowest BCUT2D eigenvalue weighted by Gasteiger charge is -2.32. The van der Waals surface area contributed by atoms with E-state index in [0.717, 1.165) is 31.6 Å². The minimum absolute atomic E-state index is 0.132. The highest BCUT2D eigenvalue weighted by molar-refractivity contribution is 5.76. The number of amides is 1. The number of H-pyrrole nitrogens is 1. The Morgan fingerprint density at radius 1 is 1.47 bits per heavy atom. The molecule has 6 heteroatoms. The monoisotopic (exact) mass is 259 g/mol. The molecule has 100 valence electrons. The number of piperidine rings is 1. The normalized spacial score (nSPS) is 19.6. The van der Waals surface area contributed by atoms with Gasteiger partial charge in [0.2, 0.25) is 5.91 Å². The van der Waals surface area contributed by atoms with Crippen LogP contribution in [0.25, 0.3) is 0 Å². The summed E-state index contributed by atoms with van der Waals surface area (Å²) in [5.41, 5.74) is 1.12. The third-order valence-electron chi connectivity index (χ3n) is 3.59. The van der Waals surface area contributed by atoms with Crippen LogP contribution in [-0.4, -0.2) is 43.9 Å². The van der Waals surface area contributed by atoms with E-state index in [4.69, 9.17) is 0 Å². The number of likely N-dealkylation sites (tertiary alicyclic amines) is 1. The zero-order chi connectivity index (χ0) is 13.1. The van der Waals surface area contributed by atoms with E-state index in [0.29, 0.717) is 12.5 Å². The summed E-state index contributed by atoms with van der Waals surface area (Å²) in [4.78, 5) is 14.1. The lowest BCUT2D eigenvalue weighted by atomic mass is 9.95. The summed E-state index contributed by atoms with van der Waals surface area (Å²) in [6.45, 7) is 1.93. The van der Waals surface area contributed by atoms with Crippen molar-refractivity contribution in [2.75, 3.05) is 13.1 Å². The Morgan fingerprint density at radius 3 is 3.16 bits per heavy atom. The zero-order valence-electron chi connectivity index (χ0n) is 10.7. The molecule has 1 N–H and O–H groups in total. The number of nitrogens with zero attached hydrogens (tertiary/aromatic N) is 4. The number of rotatable bonds is 3. The first-order chi connectivity index (χ1) is 9.33. The molecule has 1 aliphatic rings. The molecule has 6 nitrogen and oxygen atoms in total. The van der Waals surface area contributed by atoms with Gasteiger partial charge in [0.05, 0.1) is 0 Å². The number of carbonyl (C=O) groups excluding carboxylic acids is 1. The molecular weight excluding hydrogens is 242 g/mol. The van der Waals surface area contributed by atoms with Crippen LogP contribution in [0.3, 0.4) is 0 Å². The second-order valence-electron chi connectivity index (χ2n) is 4.89. The van der Waals surface area contributed by atoms with Gasteiger partial charge in [-0.2, -0.15) is 10.2 Å². The van der Waals surface area contributed by atoms with Crippen molar-refractivity contribution in [2.24, 2.45) is 0 Å². The molecule has 1 fully saturated rings. The fraction of sp³-hybridized carbons (Fsp3) is 0.462. The van der Waals surface area contributed by atoms with Crippen LogP contribution >= 0.6 is 0 Å². The van der Waals surface area contributed by atoms with Crippen molar-refractivity contribution in [3.63, 3.8) is 0 Å². The van der Waals surface area contributed by atoms with Gasteiger partial charge in [-0.1, -0.05) is 0 Å². The van der Waals surface area contributed by atoms with Crippen LogP contribution in [0.1, 0.15) is 24.5 Å². The van der Waals surface area contributed by atoms with Crippen LogP contribution < -0.4 is 0 Å². The van der Waals surface area contributed by atoms with Crippen LogP contribution in [0.5, 0.6) is 0 Å². The summed E-state index contributed by atoms with van der Waals surface area (Å²) >= 11 is 0. The van der Waals surface area contributed by atoms with Crippen molar-refractivity contribution in [1.29, 1.82) is 0 Å². The number of aromatic nitrogens is 4. The molecule has 1 unspecified atom stereocenters. The van der Waals surface area contributed by atoms with Gasteiger partial charge < -0.3 is 4.90 Å². The van der Waals surface area contributed by atoms with Crippen molar-refractivity contribution in [3.8, 4) is 0 Å². The smallest absolute Gasteiger partial charge is 0.244 e. The summed E-state index contributed by atoms with van der Waals surface area (Å²) in [6, 6.07) is 3.82. The van der Waals surface area contributed by atoms with Gasteiger partial charge >= 0.3 is 0 Å². The Bertz CT molecular complexity index is 519. The first-order valence-electron chi connectivity index (χ1n) is 6.57. The summed E-state index contributed by atoms with van der Waals surface area (Å²) in [5.74, 6) is 0.505. The van der Waals surface area contributed by atoms with E-state index in [2.05, 4.69) is 15.3 Å². The van der Waals surface area contributed by atoms with Crippen molar-refractivity contribution < 1.29 is 4.79 Å². The Labute approximate surface area is 111 Å². The molecule has 0 spiro atoms. The van der Waals surface area contributed by atoms with Crippen LogP contribution in [0, 0.1) is 0 Å². The summed E-state index contributed by atoms with van der Waals surface area (Å²) < 4.78 is 1.67. The lowest BCUT2D eigenvalue weighted by molar-refractivity contribution is -0.133. The molecule has 2 aromatic rings. The topological polar surface area (TPSA) is 66.8 Å². The molecule has 3 heterocycles. The van der Waals surface area contributed by atoms with Crippen molar-refractivity contribution >= 4 is 5.91 Å². The summed E-state index contributed by atoms with van der Waals surface area (Å²) in [5, 5.41) is 11.1. The van der Waals surface area contributed by atoms with Gasteiger partial charge in [0.1, 0.15) is 6.54 Å². The van der Waals surface area contributed by atoms with Gasteiger partial charge in [-0.25, -0.2) is 0 Å². The van der Waals surface area contributed by atoms with E-state index in [1.807, 2.05) is 23.2 Å². The first-order valence-corrected chi connectivity index (χ1v) is 6.57. The average molecular weight is 259 g/mol. The Kier molecular flexibility index (Phi) is 3.31. The number of nitrogens with one attached hydrogen (secondary N) is 1. The molecule has 0 aliphatic carbocycles. The second-order valence-corrected chi connectivity index (χ2v) is 4.89. The highest BCUT2D eigenvalue weighted by Gasteiger charge is 2.25. The SMILES string of the molecule is O=C(Cn1cccn1)N1CCCC(c2ccn[nH]2)C1. The van der Waals surface area contributed by atoms with Gasteiger partial charge in [0, 0.05) is 43.3 Å². The number of aromatic amines is 1. The van der Waals surface area contributed by atoms with E-state index in [9.17, 15) is 4.79 Å². The maximum absolute atomic E-state index is 12.2. The van der Waals surface area contributed by atoms with Crippen molar-refractivity contribution in [3.05, 3.63) is 36.4 Å². The molecule has 0 aromatic carbocycles. The predicted molar refractivity (Wildman–Crippen MR) is 69.4 cm³/mol. The highest BCUT2D eigenvalue weighted by Crippen LogP contribution is 2.25. The standard InChI is InChI=1S/C13H17N5O/c19-13(10-18-8-2-5-15-18)17-7-1-3-11(9-17)12-4-6-14-16-12/h2,4-6,8,11H,1,3,7,9-10H2,(H,14,16). The molecule has 1 saturated heterocycles. The molecule has 1 amide bonds. The Balaban J connectivity index is 1.63. The fourth-order valence-corrected chi connectivity index (χ4v) is 2.58. The third-order valence-corrected chi connectivity index (χ3v) is 3.59. The van der Waals surface area contributed by atoms with Crippen molar-refractivity contribution in [1.82, 2.24) is 24.9 Å². The molecule has 0 saturated carbocycles. The lowest BCUT2D eigenvalue weighted by Crippen LogP contribution is -2.41. The number of carbonyl (C=O) groups is 1. The van der Waals surface area contributed by atoms with E-state index >= 15 is 0 Å². The van der Waals surface area contributed by atoms with E-state index in [1.54, 1.807) is 17.1 Å². The van der Waals surface area contributed by atoms with Crippen LogP contribution in [0.4, 0.5) is 0 Å². The Hall–Kier alpha value is -2.11. The summed E-state index contributed by atoms with van der Waals surface area (Å²) in [7, 11) is 0. The summed E-state index contributed by atoms with van der Waals surface area (Å²) in [6.07, 6.45) is 7.41.